The molecule has 6 heteroatoms. The summed E-state index contributed by atoms with van der Waals surface area (Å²) < 4.78 is 1.73. The molecule has 1 atom stereocenters. The monoisotopic (exact) mass is 432 g/mol. The minimum atomic E-state index is -0.106. The maximum absolute atomic E-state index is 12.8. The largest absolute Gasteiger partial charge is 0.352 e. The molecule has 1 aromatic heterocycles. The van der Waals surface area contributed by atoms with Crippen LogP contribution in [0.2, 0.25) is 0 Å². The highest BCUT2D eigenvalue weighted by molar-refractivity contribution is 5.97. The van der Waals surface area contributed by atoms with Crippen LogP contribution in [-0.2, 0) is 6.54 Å². The Balaban J connectivity index is 1.45. The molecule has 1 saturated heterocycles. The van der Waals surface area contributed by atoms with Crippen molar-refractivity contribution in [2.24, 2.45) is 0 Å². The van der Waals surface area contributed by atoms with Crippen LogP contribution < -0.4 is 10.9 Å². The first kappa shape index (κ1) is 22.2. The van der Waals surface area contributed by atoms with Crippen molar-refractivity contribution in [3.63, 3.8) is 0 Å². The SMILES string of the molecule is Cc1nc2cc(C(=O)NCCCN3CCCC[C@H]3C)ccc2n(Cc2ccccc2)c1=O. The molecule has 1 N–H and O–H groups in total. The van der Waals surface area contributed by atoms with Gasteiger partial charge in [-0.05, 0) is 63.4 Å². The minimum absolute atomic E-state index is 0.0983. The molecule has 2 aromatic carbocycles. The van der Waals surface area contributed by atoms with Crippen LogP contribution in [0.5, 0.6) is 0 Å². The number of aromatic nitrogens is 2. The van der Waals surface area contributed by atoms with Crippen LogP contribution >= 0.6 is 0 Å². The van der Waals surface area contributed by atoms with Gasteiger partial charge in [-0.25, -0.2) is 4.98 Å². The average Bonchev–Trinajstić information content (AvgIpc) is 2.81. The van der Waals surface area contributed by atoms with Gasteiger partial charge in [-0.15, -0.1) is 0 Å². The first-order valence-corrected chi connectivity index (χ1v) is 11.6. The van der Waals surface area contributed by atoms with E-state index in [0.717, 1.165) is 30.6 Å². The van der Waals surface area contributed by atoms with Crippen molar-refractivity contribution in [3.8, 4) is 0 Å². The molecule has 1 fully saturated rings. The van der Waals surface area contributed by atoms with Gasteiger partial charge in [0.25, 0.3) is 11.5 Å². The fourth-order valence-electron chi connectivity index (χ4n) is 4.51. The van der Waals surface area contributed by atoms with E-state index < -0.39 is 0 Å². The van der Waals surface area contributed by atoms with Crippen molar-refractivity contribution in [3.05, 3.63) is 75.7 Å². The van der Waals surface area contributed by atoms with Gasteiger partial charge in [0.05, 0.1) is 17.6 Å². The Kier molecular flexibility index (Phi) is 7.00. The number of nitrogens with zero attached hydrogens (tertiary/aromatic N) is 3. The van der Waals surface area contributed by atoms with E-state index in [1.54, 1.807) is 23.6 Å². The first-order valence-electron chi connectivity index (χ1n) is 11.6. The van der Waals surface area contributed by atoms with E-state index in [1.807, 2.05) is 36.4 Å². The van der Waals surface area contributed by atoms with E-state index in [4.69, 9.17) is 0 Å². The Bertz CT molecular complexity index is 1140. The summed E-state index contributed by atoms with van der Waals surface area (Å²) >= 11 is 0. The number of carbonyl (C=O) groups is 1. The fourth-order valence-corrected chi connectivity index (χ4v) is 4.51. The predicted octanol–water partition coefficient (Wildman–Crippen LogP) is 3.75. The zero-order valence-electron chi connectivity index (χ0n) is 19.0. The number of hydrogen-bond donors (Lipinski definition) is 1. The van der Waals surface area contributed by atoms with Crippen LogP contribution in [0.4, 0.5) is 0 Å². The van der Waals surface area contributed by atoms with Crippen LogP contribution in [-0.4, -0.2) is 46.0 Å². The normalized spacial score (nSPS) is 16.9. The molecule has 0 spiro atoms. The molecule has 0 bridgehead atoms. The van der Waals surface area contributed by atoms with E-state index >= 15 is 0 Å². The van der Waals surface area contributed by atoms with Gasteiger partial charge in [0.1, 0.15) is 5.69 Å². The number of aryl methyl sites for hydroxylation is 1. The summed E-state index contributed by atoms with van der Waals surface area (Å²) in [7, 11) is 0. The summed E-state index contributed by atoms with van der Waals surface area (Å²) in [5, 5.41) is 3.04. The number of nitrogens with one attached hydrogen (secondary N) is 1. The number of benzene rings is 2. The summed E-state index contributed by atoms with van der Waals surface area (Å²) in [6.45, 7) is 7.32. The number of likely N-dealkylation sites (tertiary alicyclic amines) is 1. The topological polar surface area (TPSA) is 67.2 Å². The van der Waals surface area contributed by atoms with E-state index in [1.165, 1.54) is 19.3 Å². The molecule has 168 valence electrons. The molecular formula is C26H32N4O2. The Morgan fingerprint density at radius 3 is 2.75 bits per heavy atom. The molecular weight excluding hydrogens is 400 g/mol. The van der Waals surface area contributed by atoms with Gasteiger partial charge in [-0.3, -0.25) is 9.59 Å². The molecule has 2 heterocycles. The number of piperidine rings is 1. The van der Waals surface area contributed by atoms with E-state index in [0.29, 0.717) is 35.9 Å². The van der Waals surface area contributed by atoms with E-state index in [9.17, 15) is 9.59 Å². The lowest BCUT2D eigenvalue weighted by Gasteiger charge is -2.33. The maximum atomic E-state index is 12.8. The average molecular weight is 433 g/mol. The highest BCUT2D eigenvalue weighted by atomic mass is 16.1. The summed E-state index contributed by atoms with van der Waals surface area (Å²) in [5.41, 5.74) is 3.34. The van der Waals surface area contributed by atoms with Crippen LogP contribution in [0.3, 0.4) is 0 Å². The third-order valence-electron chi connectivity index (χ3n) is 6.40. The van der Waals surface area contributed by atoms with Crippen molar-refractivity contribution in [1.82, 2.24) is 19.8 Å². The van der Waals surface area contributed by atoms with Crippen LogP contribution in [0, 0.1) is 6.92 Å². The summed E-state index contributed by atoms with van der Waals surface area (Å²) in [6, 6.07) is 15.9. The van der Waals surface area contributed by atoms with Crippen molar-refractivity contribution < 1.29 is 4.79 Å². The molecule has 0 saturated carbocycles. The molecule has 0 unspecified atom stereocenters. The Hall–Kier alpha value is -2.99. The highest BCUT2D eigenvalue weighted by Crippen LogP contribution is 2.17. The smallest absolute Gasteiger partial charge is 0.272 e. The molecule has 0 aliphatic carbocycles. The third-order valence-corrected chi connectivity index (χ3v) is 6.40. The second-order valence-corrected chi connectivity index (χ2v) is 8.77. The quantitative estimate of drug-likeness (QED) is 0.578. The second kappa shape index (κ2) is 10.1. The first-order chi connectivity index (χ1) is 15.5. The summed E-state index contributed by atoms with van der Waals surface area (Å²) in [5.74, 6) is -0.0983. The predicted molar refractivity (Wildman–Crippen MR) is 128 cm³/mol. The van der Waals surface area contributed by atoms with Gasteiger partial charge in [-0.1, -0.05) is 36.8 Å². The molecule has 32 heavy (non-hydrogen) atoms. The van der Waals surface area contributed by atoms with Crippen LogP contribution in [0.25, 0.3) is 11.0 Å². The van der Waals surface area contributed by atoms with Crippen molar-refractivity contribution >= 4 is 16.9 Å². The highest BCUT2D eigenvalue weighted by Gasteiger charge is 2.17. The summed E-state index contributed by atoms with van der Waals surface area (Å²) in [6.07, 6.45) is 4.81. The lowest BCUT2D eigenvalue weighted by atomic mass is 10.0. The molecule has 0 radical (unpaired) electrons. The Labute approximate surface area is 189 Å². The van der Waals surface area contributed by atoms with Crippen molar-refractivity contribution in [1.29, 1.82) is 0 Å². The number of hydrogen-bond acceptors (Lipinski definition) is 4. The lowest BCUT2D eigenvalue weighted by molar-refractivity contribution is 0.0949. The van der Waals surface area contributed by atoms with Crippen LogP contribution in [0.1, 0.15) is 54.2 Å². The molecule has 1 aliphatic heterocycles. The number of carbonyl (C=O) groups excluding carboxylic acids is 1. The standard InChI is InChI=1S/C26H32N4O2/c1-19-9-6-7-15-29(19)16-8-14-27-25(31)22-12-13-24-23(17-22)28-20(2)26(32)30(24)18-21-10-4-3-5-11-21/h3-5,10-13,17,19H,6-9,14-16,18H2,1-2H3,(H,27,31)/t19-/m1/s1. The second-order valence-electron chi connectivity index (χ2n) is 8.77. The molecule has 6 nitrogen and oxygen atoms in total. The van der Waals surface area contributed by atoms with Gasteiger partial charge in [0, 0.05) is 24.7 Å². The third kappa shape index (κ3) is 5.07. The zero-order chi connectivity index (χ0) is 22.5. The molecule has 3 aromatic rings. The zero-order valence-corrected chi connectivity index (χ0v) is 19.0. The van der Waals surface area contributed by atoms with Gasteiger partial charge in [0.15, 0.2) is 0 Å². The van der Waals surface area contributed by atoms with Gasteiger partial charge in [0.2, 0.25) is 0 Å². The van der Waals surface area contributed by atoms with Gasteiger partial charge >= 0.3 is 0 Å². The fraction of sp³-hybridized carbons (Fsp3) is 0.423. The minimum Gasteiger partial charge on any atom is -0.352 e. The maximum Gasteiger partial charge on any atom is 0.272 e. The van der Waals surface area contributed by atoms with Gasteiger partial charge in [-0.2, -0.15) is 0 Å². The van der Waals surface area contributed by atoms with Crippen molar-refractivity contribution in [2.75, 3.05) is 19.6 Å². The van der Waals surface area contributed by atoms with E-state index in [2.05, 4.69) is 22.1 Å². The Morgan fingerprint density at radius 2 is 1.97 bits per heavy atom. The number of fused-ring (bicyclic) bond motifs is 1. The van der Waals surface area contributed by atoms with Gasteiger partial charge < -0.3 is 14.8 Å². The summed E-state index contributed by atoms with van der Waals surface area (Å²) in [4.78, 5) is 32.4. The number of rotatable bonds is 7. The number of amides is 1. The van der Waals surface area contributed by atoms with Crippen LogP contribution in [0.15, 0.2) is 53.3 Å². The molecule has 1 aliphatic rings. The molecule has 4 rings (SSSR count). The van der Waals surface area contributed by atoms with Crippen molar-refractivity contribution in [2.45, 2.75) is 52.1 Å². The lowest BCUT2D eigenvalue weighted by Crippen LogP contribution is -2.39. The molecule has 1 amide bonds. The van der Waals surface area contributed by atoms with E-state index in [-0.39, 0.29) is 11.5 Å². The Morgan fingerprint density at radius 1 is 1.16 bits per heavy atom.